The van der Waals surface area contributed by atoms with Crippen molar-refractivity contribution in [2.45, 2.75) is 17.4 Å². The quantitative estimate of drug-likeness (QED) is 0.693. The second-order valence-corrected chi connectivity index (χ2v) is 7.69. The maximum Gasteiger partial charge on any atom is 0.278 e. The number of sulfonamides is 1. The van der Waals surface area contributed by atoms with Crippen molar-refractivity contribution in [3.05, 3.63) is 30.6 Å². The summed E-state index contributed by atoms with van der Waals surface area (Å²) in [6.45, 7) is 0.498. The summed E-state index contributed by atoms with van der Waals surface area (Å²) in [4.78, 5) is 8.18. The average Bonchev–Trinajstić information content (AvgIpc) is 3.17. The number of hydrogen-bond donors (Lipinski definition) is 0. The molecular formula is C17H21N3O6S. The van der Waals surface area contributed by atoms with Crippen molar-refractivity contribution in [2.24, 2.45) is 0 Å². The molecule has 0 spiro atoms. The third kappa shape index (κ3) is 3.91. The van der Waals surface area contributed by atoms with Crippen LogP contribution in [-0.4, -0.2) is 63.2 Å². The van der Waals surface area contributed by atoms with Crippen LogP contribution < -0.4 is 18.9 Å². The summed E-state index contributed by atoms with van der Waals surface area (Å²) in [5.41, 5.74) is 0. The molecule has 1 aromatic carbocycles. The van der Waals surface area contributed by atoms with Gasteiger partial charge in [-0.2, -0.15) is 4.31 Å². The molecule has 3 rings (SSSR count). The molecule has 0 bridgehead atoms. The highest BCUT2D eigenvalue weighted by atomic mass is 32.2. The van der Waals surface area contributed by atoms with Gasteiger partial charge in [0.1, 0.15) is 22.5 Å². The largest absolute Gasteiger partial charge is 0.497 e. The fraction of sp³-hybridized carbons (Fsp3) is 0.412. The summed E-state index contributed by atoms with van der Waals surface area (Å²) >= 11 is 0. The van der Waals surface area contributed by atoms with E-state index in [1.807, 2.05) is 0 Å². The van der Waals surface area contributed by atoms with Crippen LogP contribution in [0, 0.1) is 0 Å². The minimum Gasteiger partial charge on any atom is -0.497 e. The van der Waals surface area contributed by atoms with E-state index in [2.05, 4.69) is 9.97 Å². The van der Waals surface area contributed by atoms with Gasteiger partial charge in [-0.25, -0.2) is 18.4 Å². The third-order valence-corrected chi connectivity index (χ3v) is 6.09. The number of ether oxygens (including phenoxy) is 4. The first-order chi connectivity index (χ1) is 13.0. The van der Waals surface area contributed by atoms with Gasteiger partial charge in [-0.15, -0.1) is 0 Å². The molecule has 1 fully saturated rings. The van der Waals surface area contributed by atoms with Gasteiger partial charge in [0.2, 0.25) is 10.0 Å². The molecule has 2 aromatic rings. The molecule has 0 N–H and O–H groups in total. The third-order valence-electron chi connectivity index (χ3n) is 4.20. The molecule has 0 aliphatic carbocycles. The fourth-order valence-electron chi connectivity index (χ4n) is 2.83. The Labute approximate surface area is 157 Å². The van der Waals surface area contributed by atoms with Crippen LogP contribution in [0.4, 0.5) is 0 Å². The van der Waals surface area contributed by atoms with E-state index in [0.29, 0.717) is 18.7 Å². The monoisotopic (exact) mass is 395 g/mol. The molecule has 1 unspecified atom stereocenters. The Hall–Kier alpha value is -2.59. The lowest BCUT2D eigenvalue weighted by molar-refractivity contribution is 0.194. The van der Waals surface area contributed by atoms with Crippen LogP contribution >= 0.6 is 0 Å². The van der Waals surface area contributed by atoms with E-state index in [-0.39, 0.29) is 35.1 Å². The highest BCUT2D eigenvalue weighted by Gasteiger charge is 2.36. The number of benzene rings is 1. The molecule has 1 saturated heterocycles. The predicted molar refractivity (Wildman–Crippen MR) is 95.9 cm³/mol. The second kappa shape index (κ2) is 7.97. The van der Waals surface area contributed by atoms with E-state index in [9.17, 15) is 8.42 Å². The van der Waals surface area contributed by atoms with Crippen LogP contribution in [0.3, 0.4) is 0 Å². The van der Waals surface area contributed by atoms with Crippen molar-refractivity contribution in [3.8, 4) is 23.3 Å². The number of hydrogen-bond acceptors (Lipinski definition) is 8. The van der Waals surface area contributed by atoms with Crippen molar-refractivity contribution >= 4 is 10.0 Å². The zero-order valence-electron chi connectivity index (χ0n) is 15.3. The molecule has 1 aliphatic heterocycles. The maximum absolute atomic E-state index is 13.1. The maximum atomic E-state index is 13.1. The normalized spacial score (nSPS) is 17.5. The molecule has 1 aliphatic rings. The van der Waals surface area contributed by atoms with Crippen molar-refractivity contribution in [3.63, 3.8) is 0 Å². The van der Waals surface area contributed by atoms with Gasteiger partial charge in [-0.1, -0.05) is 0 Å². The summed E-state index contributed by atoms with van der Waals surface area (Å²) in [7, 11) is 0.602. The Kier molecular flexibility index (Phi) is 5.66. The molecule has 27 heavy (non-hydrogen) atoms. The molecule has 0 saturated carbocycles. The van der Waals surface area contributed by atoms with Gasteiger partial charge in [0.25, 0.3) is 11.8 Å². The van der Waals surface area contributed by atoms with Gasteiger partial charge in [0.15, 0.2) is 0 Å². The first-order valence-electron chi connectivity index (χ1n) is 8.23. The van der Waals surface area contributed by atoms with E-state index < -0.39 is 10.0 Å². The van der Waals surface area contributed by atoms with Crippen molar-refractivity contribution in [1.29, 1.82) is 0 Å². The Morgan fingerprint density at radius 1 is 1.04 bits per heavy atom. The van der Waals surface area contributed by atoms with Crippen LogP contribution in [0.1, 0.15) is 6.42 Å². The first-order valence-corrected chi connectivity index (χ1v) is 9.67. The molecule has 0 amide bonds. The molecule has 2 heterocycles. The first kappa shape index (κ1) is 19.2. The zero-order valence-corrected chi connectivity index (χ0v) is 16.1. The van der Waals surface area contributed by atoms with Gasteiger partial charge in [0.05, 0.1) is 27.9 Å². The van der Waals surface area contributed by atoms with Gasteiger partial charge < -0.3 is 18.9 Å². The Bertz CT molecular complexity index is 905. The van der Waals surface area contributed by atoms with Crippen LogP contribution in [0.5, 0.6) is 23.3 Å². The number of rotatable bonds is 7. The molecule has 146 valence electrons. The van der Waals surface area contributed by atoms with E-state index >= 15 is 0 Å². The Balaban J connectivity index is 1.80. The fourth-order valence-corrected chi connectivity index (χ4v) is 4.49. The van der Waals surface area contributed by atoms with Crippen molar-refractivity contribution < 1.29 is 27.4 Å². The summed E-state index contributed by atoms with van der Waals surface area (Å²) < 4.78 is 48.8. The number of aromatic nitrogens is 2. The molecule has 0 radical (unpaired) electrons. The smallest absolute Gasteiger partial charge is 0.278 e. The van der Waals surface area contributed by atoms with Crippen LogP contribution in [-0.2, 0) is 10.0 Å². The Morgan fingerprint density at radius 2 is 1.78 bits per heavy atom. The summed E-state index contributed by atoms with van der Waals surface area (Å²) in [5.74, 6) is 1.19. The summed E-state index contributed by atoms with van der Waals surface area (Å²) in [6, 6.07) is 4.67. The van der Waals surface area contributed by atoms with Gasteiger partial charge >= 0.3 is 0 Å². The molecule has 9 nitrogen and oxygen atoms in total. The van der Waals surface area contributed by atoms with E-state index in [1.165, 1.54) is 44.1 Å². The molecular weight excluding hydrogens is 374 g/mol. The lowest BCUT2D eigenvalue weighted by Gasteiger charge is -2.19. The summed E-state index contributed by atoms with van der Waals surface area (Å²) in [5, 5.41) is 0. The summed E-state index contributed by atoms with van der Waals surface area (Å²) in [6.07, 6.45) is 3.14. The van der Waals surface area contributed by atoms with E-state index in [4.69, 9.17) is 18.9 Å². The van der Waals surface area contributed by atoms with Crippen LogP contribution in [0.2, 0.25) is 0 Å². The highest BCUT2D eigenvalue weighted by molar-refractivity contribution is 7.89. The lowest BCUT2D eigenvalue weighted by Crippen LogP contribution is -2.31. The topological polar surface area (TPSA) is 100 Å². The molecule has 10 heteroatoms. The minimum absolute atomic E-state index is 0.0575. The van der Waals surface area contributed by atoms with Crippen molar-refractivity contribution in [1.82, 2.24) is 14.3 Å². The number of methoxy groups -OCH3 is 3. The zero-order chi connectivity index (χ0) is 19.4. The lowest BCUT2D eigenvalue weighted by atomic mass is 10.3. The molecule has 1 aromatic heterocycles. The van der Waals surface area contributed by atoms with Gasteiger partial charge in [-0.05, 0) is 18.6 Å². The number of nitrogens with zero attached hydrogens (tertiary/aromatic N) is 3. The van der Waals surface area contributed by atoms with Gasteiger partial charge in [0, 0.05) is 25.0 Å². The Morgan fingerprint density at radius 3 is 2.44 bits per heavy atom. The van der Waals surface area contributed by atoms with Crippen LogP contribution in [0.25, 0.3) is 0 Å². The van der Waals surface area contributed by atoms with E-state index in [1.54, 1.807) is 12.1 Å². The van der Waals surface area contributed by atoms with Crippen LogP contribution in [0.15, 0.2) is 35.5 Å². The second-order valence-electron chi connectivity index (χ2n) is 5.78. The standard InChI is InChI=1S/C17H21N3O6S/c1-23-12-4-5-14(24-2)15(10-12)27(21,22)20-9-6-13(11-20)26-17-16(25-3)18-7-8-19-17/h4-5,7-8,10,13H,6,9,11H2,1-3H3. The molecule has 1 atom stereocenters. The van der Waals surface area contributed by atoms with Gasteiger partial charge in [-0.3, -0.25) is 0 Å². The average molecular weight is 395 g/mol. The minimum atomic E-state index is -3.77. The van der Waals surface area contributed by atoms with E-state index in [0.717, 1.165) is 0 Å². The highest BCUT2D eigenvalue weighted by Crippen LogP contribution is 2.33. The van der Waals surface area contributed by atoms with Crippen molar-refractivity contribution in [2.75, 3.05) is 34.4 Å². The predicted octanol–water partition coefficient (Wildman–Crippen LogP) is 1.34. The SMILES string of the molecule is COc1ccc(OC)c(S(=O)(=O)N2CCC(Oc3nccnc3OC)C2)c1.